The van der Waals surface area contributed by atoms with Gasteiger partial charge < -0.3 is 15.3 Å². The summed E-state index contributed by atoms with van der Waals surface area (Å²) in [5, 5.41) is 30.2. The van der Waals surface area contributed by atoms with Gasteiger partial charge in [0, 0.05) is 10.8 Å². The second-order valence-electron chi connectivity index (χ2n) is 9.44. The lowest BCUT2D eigenvalue weighted by Gasteiger charge is -2.53. The van der Waals surface area contributed by atoms with E-state index in [-0.39, 0.29) is 6.92 Å². The lowest BCUT2D eigenvalue weighted by Crippen LogP contribution is -2.68. The Morgan fingerprint density at radius 3 is 1.29 bits per heavy atom. The SMILES string of the molecule is CC1(C(O)(C(F)(F)F)C(F)(F)F)CC2(O)CC3(C1)CC3(C(O)(C(F)(F)F)C(F)(F)F)C2. The summed E-state index contributed by atoms with van der Waals surface area (Å²) in [4.78, 5) is 0. The van der Waals surface area contributed by atoms with Crippen molar-refractivity contribution in [2.75, 3.05) is 0 Å². The van der Waals surface area contributed by atoms with E-state index in [0.29, 0.717) is 0 Å². The van der Waals surface area contributed by atoms with Gasteiger partial charge in [-0.2, -0.15) is 52.7 Å². The summed E-state index contributed by atoms with van der Waals surface area (Å²) in [7, 11) is 0. The van der Waals surface area contributed by atoms with Crippen LogP contribution in [0.4, 0.5) is 52.7 Å². The van der Waals surface area contributed by atoms with Gasteiger partial charge in [0.05, 0.1) is 5.60 Å². The van der Waals surface area contributed by atoms with Gasteiger partial charge in [-0.25, -0.2) is 0 Å². The lowest BCUT2D eigenvalue weighted by molar-refractivity contribution is -0.410. The molecular weight excluding hydrogens is 468 g/mol. The Morgan fingerprint density at radius 2 is 0.935 bits per heavy atom. The second kappa shape index (κ2) is 5.57. The first kappa shape index (κ1) is 24.7. The third kappa shape index (κ3) is 2.62. The van der Waals surface area contributed by atoms with Crippen molar-refractivity contribution in [3.63, 3.8) is 0 Å². The van der Waals surface area contributed by atoms with Gasteiger partial charge >= 0.3 is 24.7 Å². The molecule has 0 radical (unpaired) electrons. The summed E-state index contributed by atoms with van der Waals surface area (Å²) in [6, 6.07) is 0. The third-order valence-corrected chi connectivity index (χ3v) is 7.48. The zero-order valence-corrected chi connectivity index (χ0v) is 15.4. The van der Waals surface area contributed by atoms with Crippen LogP contribution in [0.1, 0.15) is 39.0 Å². The number of alkyl halides is 12. The van der Waals surface area contributed by atoms with Gasteiger partial charge in [-0.3, -0.25) is 0 Å². The lowest BCUT2D eigenvalue weighted by atomic mass is 9.57. The van der Waals surface area contributed by atoms with E-state index >= 15 is 0 Å². The Morgan fingerprint density at radius 1 is 0.548 bits per heavy atom. The first-order chi connectivity index (χ1) is 13.3. The van der Waals surface area contributed by atoms with Gasteiger partial charge in [-0.1, -0.05) is 6.92 Å². The van der Waals surface area contributed by atoms with Crippen molar-refractivity contribution in [1.29, 1.82) is 0 Å². The number of hydrogen-bond acceptors (Lipinski definition) is 3. The molecule has 15 heteroatoms. The van der Waals surface area contributed by atoms with Gasteiger partial charge in [-0.05, 0) is 37.5 Å². The van der Waals surface area contributed by atoms with Crippen molar-refractivity contribution in [2.45, 2.75) is 80.5 Å². The van der Waals surface area contributed by atoms with E-state index in [0.717, 1.165) is 0 Å². The van der Waals surface area contributed by atoms with Crippen LogP contribution in [0, 0.1) is 16.2 Å². The minimum atomic E-state index is -6.41. The Hall–Kier alpha value is -0.960. The molecule has 3 saturated carbocycles. The normalized spacial score (nSPS) is 39.5. The van der Waals surface area contributed by atoms with Crippen LogP contribution in [-0.2, 0) is 0 Å². The number of rotatable bonds is 2. The smallest absolute Gasteiger partial charge is 0.390 e. The molecule has 0 saturated heterocycles. The molecule has 0 amide bonds. The molecule has 4 atom stereocenters. The minimum Gasteiger partial charge on any atom is -0.390 e. The highest BCUT2D eigenvalue weighted by atomic mass is 19.4. The third-order valence-electron chi connectivity index (χ3n) is 7.48. The number of fused-ring (bicyclic) bond motifs is 1. The van der Waals surface area contributed by atoms with E-state index in [1.54, 1.807) is 0 Å². The molecule has 0 aromatic carbocycles. The largest absolute Gasteiger partial charge is 0.426 e. The van der Waals surface area contributed by atoms with Crippen LogP contribution in [-0.4, -0.2) is 56.8 Å². The Bertz CT molecular complexity index is 751. The predicted octanol–water partition coefficient (Wildman–Crippen LogP) is 4.40. The topological polar surface area (TPSA) is 60.7 Å². The summed E-state index contributed by atoms with van der Waals surface area (Å²) in [5.41, 5.74) is -23.1. The highest BCUT2D eigenvalue weighted by Gasteiger charge is 2.96. The summed E-state index contributed by atoms with van der Waals surface area (Å²) in [6.45, 7) is 0.217. The summed E-state index contributed by atoms with van der Waals surface area (Å²) in [6.07, 6.45) is -32.5. The molecule has 1 spiro atoms. The second-order valence-corrected chi connectivity index (χ2v) is 9.44. The molecule has 2 bridgehead atoms. The van der Waals surface area contributed by atoms with Crippen LogP contribution < -0.4 is 0 Å². The van der Waals surface area contributed by atoms with Crippen molar-refractivity contribution < 1.29 is 68.0 Å². The van der Waals surface area contributed by atoms with Crippen LogP contribution in [0.3, 0.4) is 0 Å². The van der Waals surface area contributed by atoms with Crippen LogP contribution in [0.25, 0.3) is 0 Å². The average Bonchev–Trinajstić information content (AvgIpc) is 2.97. The molecule has 4 unspecified atom stereocenters. The summed E-state index contributed by atoms with van der Waals surface area (Å²) in [5.74, 6) is 0. The number of halogens is 12. The van der Waals surface area contributed by atoms with Crippen molar-refractivity contribution in [1.82, 2.24) is 0 Å². The van der Waals surface area contributed by atoms with Crippen molar-refractivity contribution in [2.24, 2.45) is 16.2 Å². The van der Waals surface area contributed by atoms with Crippen molar-refractivity contribution in [3.05, 3.63) is 0 Å². The standard InChI is InChI=1S/C16H16F12O3/c1-7(11(30,13(17,18)19)14(20,21)22)2-8-4-9(29,3-7)6-10(8,5-8)12(31,15(23,24)25)16(26,27)28/h29-31H,2-6H2,1H3. The van der Waals surface area contributed by atoms with Gasteiger partial charge in [0.15, 0.2) is 0 Å². The van der Waals surface area contributed by atoms with Crippen LogP contribution in [0.2, 0.25) is 0 Å². The highest BCUT2D eigenvalue weighted by molar-refractivity contribution is 5.37. The maximum Gasteiger partial charge on any atom is 0.426 e. The van der Waals surface area contributed by atoms with E-state index in [1.807, 2.05) is 0 Å². The monoisotopic (exact) mass is 484 g/mol. The van der Waals surface area contributed by atoms with Crippen LogP contribution >= 0.6 is 0 Å². The molecule has 3 fully saturated rings. The molecule has 3 nitrogen and oxygen atoms in total. The number of hydrogen-bond donors (Lipinski definition) is 3. The molecule has 0 aromatic heterocycles. The summed E-state index contributed by atoms with van der Waals surface area (Å²) < 4.78 is 161. The molecule has 0 aliphatic heterocycles. The van der Waals surface area contributed by atoms with E-state index in [1.165, 1.54) is 0 Å². The van der Waals surface area contributed by atoms with Crippen molar-refractivity contribution in [3.8, 4) is 0 Å². The number of aliphatic hydroxyl groups is 3. The maximum atomic E-state index is 13.4. The quantitative estimate of drug-likeness (QED) is 0.510. The highest BCUT2D eigenvalue weighted by Crippen LogP contribution is 2.89. The first-order valence-electron chi connectivity index (χ1n) is 8.72. The van der Waals surface area contributed by atoms with E-state index < -0.39 is 89.9 Å². The average molecular weight is 484 g/mol. The summed E-state index contributed by atoms with van der Waals surface area (Å²) >= 11 is 0. The van der Waals surface area contributed by atoms with E-state index in [2.05, 4.69) is 0 Å². The van der Waals surface area contributed by atoms with Crippen LogP contribution in [0.15, 0.2) is 0 Å². The zero-order valence-electron chi connectivity index (χ0n) is 15.4. The molecule has 182 valence electrons. The molecule has 0 heterocycles. The fourth-order valence-electron chi connectivity index (χ4n) is 6.67. The van der Waals surface area contributed by atoms with Crippen molar-refractivity contribution >= 4 is 0 Å². The molecule has 3 aliphatic rings. The minimum absolute atomic E-state index is 0.217. The zero-order chi connectivity index (χ0) is 24.5. The van der Waals surface area contributed by atoms with Crippen LogP contribution in [0.5, 0.6) is 0 Å². The molecule has 3 aliphatic carbocycles. The van der Waals surface area contributed by atoms with E-state index in [9.17, 15) is 68.0 Å². The molecule has 0 aromatic rings. The molecule has 3 rings (SSSR count). The Labute approximate surface area is 166 Å². The molecule has 3 N–H and O–H groups in total. The Balaban J connectivity index is 2.20. The maximum absolute atomic E-state index is 13.4. The molecule has 31 heavy (non-hydrogen) atoms. The predicted molar refractivity (Wildman–Crippen MR) is 75.1 cm³/mol. The fraction of sp³-hybridized carbons (Fsp3) is 1.00. The Kier molecular flexibility index (Phi) is 4.43. The fourth-order valence-corrected chi connectivity index (χ4v) is 6.67. The van der Waals surface area contributed by atoms with Gasteiger partial charge in [-0.15, -0.1) is 0 Å². The molecular formula is C16H16F12O3. The van der Waals surface area contributed by atoms with Gasteiger partial charge in [0.25, 0.3) is 11.2 Å². The first-order valence-corrected chi connectivity index (χ1v) is 8.72. The van der Waals surface area contributed by atoms with Gasteiger partial charge in [0.1, 0.15) is 0 Å². The van der Waals surface area contributed by atoms with E-state index in [4.69, 9.17) is 0 Å². The van der Waals surface area contributed by atoms with Gasteiger partial charge in [0.2, 0.25) is 0 Å².